The Kier molecular flexibility index (Phi) is 2.97. The van der Waals surface area contributed by atoms with Gasteiger partial charge in [0.2, 0.25) is 9.84 Å². The van der Waals surface area contributed by atoms with E-state index in [2.05, 4.69) is 6.92 Å². The molecule has 0 N–H and O–H groups in total. The Labute approximate surface area is 96.2 Å². The molecular weight excluding hydrogens is 220 g/mol. The number of benzene rings is 1. The molecule has 1 aliphatic carbocycles. The number of allylic oxidation sites excluding steroid dienone is 3. The second-order valence-electron chi connectivity index (χ2n) is 4.00. The quantitative estimate of drug-likeness (QED) is 0.788. The van der Waals surface area contributed by atoms with Crippen molar-refractivity contribution in [2.24, 2.45) is 5.92 Å². The third kappa shape index (κ3) is 2.09. The molecule has 0 saturated carbocycles. The molecular formula is C13H14O2S. The largest absolute Gasteiger partial charge is 0.219 e. The van der Waals surface area contributed by atoms with Gasteiger partial charge in [0.15, 0.2) is 0 Å². The maximum Gasteiger partial charge on any atom is 0.206 e. The third-order valence-corrected chi connectivity index (χ3v) is 4.46. The van der Waals surface area contributed by atoms with Crippen molar-refractivity contribution < 1.29 is 8.42 Å². The van der Waals surface area contributed by atoms with Crippen LogP contribution in [-0.2, 0) is 9.84 Å². The number of rotatable bonds is 2. The highest BCUT2D eigenvalue weighted by atomic mass is 32.2. The average Bonchev–Trinajstić information content (AvgIpc) is 2.31. The fourth-order valence-electron chi connectivity index (χ4n) is 1.64. The molecule has 0 heterocycles. The Morgan fingerprint density at radius 3 is 2.44 bits per heavy atom. The summed E-state index contributed by atoms with van der Waals surface area (Å²) in [6, 6.07) is 8.54. The van der Waals surface area contributed by atoms with Crippen LogP contribution in [0.4, 0.5) is 0 Å². The Hall–Kier alpha value is -1.35. The van der Waals surface area contributed by atoms with Crippen molar-refractivity contribution in [2.45, 2.75) is 18.2 Å². The molecule has 0 saturated heterocycles. The lowest BCUT2D eigenvalue weighted by Crippen LogP contribution is -2.06. The van der Waals surface area contributed by atoms with Gasteiger partial charge in [0, 0.05) is 0 Å². The molecule has 1 atom stereocenters. The lowest BCUT2D eigenvalue weighted by Gasteiger charge is -2.12. The van der Waals surface area contributed by atoms with Gasteiger partial charge in [0.25, 0.3) is 0 Å². The Morgan fingerprint density at radius 2 is 1.88 bits per heavy atom. The second kappa shape index (κ2) is 4.26. The summed E-state index contributed by atoms with van der Waals surface area (Å²) in [4.78, 5) is 0.775. The molecule has 2 nitrogen and oxygen atoms in total. The molecule has 16 heavy (non-hydrogen) atoms. The van der Waals surface area contributed by atoms with E-state index in [-0.39, 0.29) is 0 Å². The first-order valence-electron chi connectivity index (χ1n) is 5.29. The van der Waals surface area contributed by atoms with Crippen LogP contribution in [0.3, 0.4) is 0 Å². The summed E-state index contributed by atoms with van der Waals surface area (Å²) in [6.45, 7) is 2.07. The highest BCUT2D eigenvalue weighted by molar-refractivity contribution is 7.95. The molecule has 0 aliphatic heterocycles. The molecule has 0 amide bonds. The van der Waals surface area contributed by atoms with E-state index < -0.39 is 9.84 Å². The highest BCUT2D eigenvalue weighted by Gasteiger charge is 2.19. The normalized spacial score (nSPS) is 20.6. The molecule has 84 valence electrons. The summed E-state index contributed by atoms with van der Waals surface area (Å²) in [5, 5.41) is 0. The van der Waals surface area contributed by atoms with Crippen LogP contribution in [0.15, 0.2) is 58.4 Å². The van der Waals surface area contributed by atoms with E-state index in [0.29, 0.717) is 15.7 Å². The lowest BCUT2D eigenvalue weighted by molar-refractivity contribution is 0.602. The Morgan fingerprint density at radius 1 is 1.19 bits per heavy atom. The van der Waals surface area contributed by atoms with Crippen LogP contribution in [0, 0.1) is 5.92 Å². The molecule has 3 heteroatoms. The van der Waals surface area contributed by atoms with Crippen molar-refractivity contribution in [1.29, 1.82) is 0 Å². The number of sulfone groups is 1. The first kappa shape index (κ1) is 11.1. The summed E-state index contributed by atoms with van der Waals surface area (Å²) >= 11 is 0. The maximum atomic E-state index is 12.2. The zero-order chi connectivity index (χ0) is 11.6. The van der Waals surface area contributed by atoms with E-state index >= 15 is 0 Å². The second-order valence-corrected chi connectivity index (χ2v) is 5.94. The van der Waals surface area contributed by atoms with Crippen molar-refractivity contribution in [3.8, 4) is 0 Å². The van der Waals surface area contributed by atoms with Gasteiger partial charge in [-0.1, -0.05) is 37.3 Å². The molecule has 0 spiro atoms. The zero-order valence-corrected chi connectivity index (χ0v) is 9.94. The summed E-state index contributed by atoms with van der Waals surface area (Å²) in [6.07, 6.45) is 6.23. The number of hydrogen-bond donors (Lipinski definition) is 0. The lowest BCUT2D eigenvalue weighted by atomic mass is 10.0. The molecule has 0 fully saturated rings. The van der Waals surface area contributed by atoms with Gasteiger partial charge < -0.3 is 0 Å². The van der Waals surface area contributed by atoms with Crippen LogP contribution in [0.1, 0.15) is 13.3 Å². The number of hydrogen-bond acceptors (Lipinski definition) is 2. The van der Waals surface area contributed by atoms with Crippen molar-refractivity contribution in [3.63, 3.8) is 0 Å². The summed E-state index contributed by atoms with van der Waals surface area (Å²) in [7, 11) is -3.31. The minimum Gasteiger partial charge on any atom is -0.219 e. The van der Waals surface area contributed by atoms with E-state index in [0.717, 1.165) is 6.42 Å². The van der Waals surface area contributed by atoms with E-state index in [9.17, 15) is 8.42 Å². The van der Waals surface area contributed by atoms with Crippen LogP contribution in [0.2, 0.25) is 0 Å². The van der Waals surface area contributed by atoms with Crippen molar-refractivity contribution >= 4 is 9.84 Å². The smallest absolute Gasteiger partial charge is 0.206 e. The Bertz CT molecular complexity index is 524. The monoisotopic (exact) mass is 234 g/mol. The molecule has 1 aliphatic rings. The van der Waals surface area contributed by atoms with Gasteiger partial charge in [-0.2, -0.15) is 0 Å². The predicted octanol–water partition coefficient (Wildman–Crippen LogP) is 2.94. The fraction of sp³-hybridized carbons (Fsp3) is 0.231. The van der Waals surface area contributed by atoms with E-state index in [1.165, 1.54) is 0 Å². The highest BCUT2D eigenvalue weighted by Crippen LogP contribution is 2.25. The minimum atomic E-state index is -3.31. The zero-order valence-electron chi connectivity index (χ0n) is 9.13. The molecule has 0 unspecified atom stereocenters. The van der Waals surface area contributed by atoms with Crippen molar-refractivity contribution in [2.75, 3.05) is 0 Å². The van der Waals surface area contributed by atoms with Crippen LogP contribution in [-0.4, -0.2) is 8.42 Å². The molecule has 1 aromatic rings. The van der Waals surface area contributed by atoms with E-state index in [1.807, 2.05) is 12.1 Å². The molecule has 2 rings (SSSR count). The predicted molar refractivity (Wildman–Crippen MR) is 64.6 cm³/mol. The van der Waals surface area contributed by atoms with Crippen molar-refractivity contribution in [3.05, 3.63) is 53.5 Å². The molecule has 0 radical (unpaired) electrons. The average molecular weight is 234 g/mol. The fourth-order valence-corrected chi connectivity index (χ4v) is 3.00. The standard InChI is InChI=1S/C13H14O2S/c1-11-7-9-13(10-8-11)16(14,15)12-5-3-2-4-6-12/h2-7,9-11H,8H2,1H3/t11-/m1/s1. The summed E-state index contributed by atoms with van der Waals surface area (Å²) in [5.41, 5.74) is 0. The van der Waals surface area contributed by atoms with Crippen LogP contribution >= 0.6 is 0 Å². The summed E-state index contributed by atoms with van der Waals surface area (Å²) in [5.74, 6) is 0.426. The van der Waals surface area contributed by atoms with E-state index in [4.69, 9.17) is 0 Å². The van der Waals surface area contributed by atoms with Gasteiger partial charge in [-0.05, 0) is 30.5 Å². The molecule has 0 aromatic heterocycles. The van der Waals surface area contributed by atoms with Crippen molar-refractivity contribution in [1.82, 2.24) is 0 Å². The van der Waals surface area contributed by atoms with E-state index in [1.54, 1.807) is 36.4 Å². The topological polar surface area (TPSA) is 34.1 Å². The van der Waals surface area contributed by atoms with Crippen LogP contribution in [0.5, 0.6) is 0 Å². The third-order valence-electron chi connectivity index (χ3n) is 2.64. The SMILES string of the molecule is C[C@@H]1C=CC(S(=O)(=O)c2ccccc2)=CC1. The molecule has 1 aromatic carbocycles. The van der Waals surface area contributed by atoms with Gasteiger partial charge in [0.05, 0.1) is 9.80 Å². The minimum absolute atomic E-state index is 0.362. The summed E-state index contributed by atoms with van der Waals surface area (Å²) < 4.78 is 24.3. The van der Waals surface area contributed by atoms with Gasteiger partial charge in [0.1, 0.15) is 0 Å². The van der Waals surface area contributed by atoms with Gasteiger partial charge in [-0.25, -0.2) is 8.42 Å². The first-order chi connectivity index (χ1) is 7.60. The Balaban J connectivity index is 2.39. The van der Waals surface area contributed by atoms with Gasteiger partial charge in [-0.15, -0.1) is 0 Å². The van der Waals surface area contributed by atoms with Gasteiger partial charge >= 0.3 is 0 Å². The first-order valence-corrected chi connectivity index (χ1v) is 6.77. The maximum absolute atomic E-state index is 12.2. The van der Waals surface area contributed by atoms with Crippen LogP contribution in [0.25, 0.3) is 0 Å². The molecule has 0 bridgehead atoms. The van der Waals surface area contributed by atoms with Gasteiger partial charge in [-0.3, -0.25) is 0 Å². The van der Waals surface area contributed by atoms with Crippen LogP contribution < -0.4 is 0 Å².